The molecule has 37 heavy (non-hydrogen) atoms. The average Bonchev–Trinajstić information content (AvgIpc) is 2.83. The molecule has 0 aromatic heterocycles. The summed E-state index contributed by atoms with van der Waals surface area (Å²) < 4.78 is 0. The molecule has 0 bridgehead atoms. The third-order valence-electron chi connectivity index (χ3n) is 16.1. The number of hydrogen-bond donors (Lipinski definition) is 0. The summed E-state index contributed by atoms with van der Waals surface area (Å²) in [5.74, 6) is 19.5. The maximum atomic E-state index is 2.79. The van der Waals surface area contributed by atoms with Crippen LogP contribution in [0.15, 0.2) is 0 Å². The topological polar surface area (TPSA) is 0 Å². The van der Waals surface area contributed by atoms with Crippen molar-refractivity contribution in [2.24, 2.45) is 112 Å². The van der Waals surface area contributed by atoms with Gasteiger partial charge < -0.3 is 0 Å². The van der Waals surface area contributed by atoms with Gasteiger partial charge in [-0.2, -0.15) is 0 Å². The molecule has 0 aliphatic heterocycles. The minimum Gasteiger partial charge on any atom is -0.0622 e. The van der Waals surface area contributed by atoms with Crippen LogP contribution in [0.3, 0.4) is 0 Å². The zero-order valence-corrected chi connectivity index (χ0v) is 25.7. The zero-order chi connectivity index (χ0) is 25.7. The molecule has 0 heteroatoms. The van der Waals surface area contributed by atoms with Crippen molar-refractivity contribution >= 4 is 0 Å². The minimum absolute atomic E-state index is 0.970. The van der Waals surface area contributed by atoms with Crippen molar-refractivity contribution in [1.82, 2.24) is 0 Å². The predicted molar refractivity (Wildman–Crippen MR) is 157 cm³/mol. The Morgan fingerprint density at radius 1 is 0.297 bits per heavy atom. The van der Waals surface area contributed by atoms with Gasteiger partial charge in [0.1, 0.15) is 0 Å². The van der Waals surface area contributed by atoms with Crippen molar-refractivity contribution in [3.05, 3.63) is 0 Å². The predicted octanol–water partition coefficient (Wildman–Crippen LogP) is 10.2. The highest BCUT2D eigenvalue weighted by molar-refractivity contribution is 5.08. The Hall–Kier alpha value is 0. The fourth-order valence-corrected chi connectivity index (χ4v) is 15.8. The molecule has 210 valence electrons. The van der Waals surface area contributed by atoms with Gasteiger partial charge in [-0.25, -0.2) is 0 Å². The summed E-state index contributed by atoms with van der Waals surface area (Å²) in [5.41, 5.74) is 0. The monoisotopic (exact) mass is 506 g/mol. The van der Waals surface area contributed by atoms with Crippen LogP contribution in [0.2, 0.25) is 0 Å². The van der Waals surface area contributed by atoms with Crippen LogP contribution in [0.1, 0.15) is 119 Å². The van der Waals surface area contributed by atoms with Crippen molar-refractivity contribution in [1.29, 1.82) is 0 Å². The van der Waals surface area contributed by atoms with E-state index in [9.17, 15) is 0 Å². The molecule has 0 N–H and O–H groups in total. The highest BCUT2D eigenvalue weighted by atomic mass is 14.6. The largest absolute Gasteiger partial charge is 0.0622 e. The van der Waals surface area contributed by atoms with Crippen LogP contribution in [0, 0.1) is 112 Å². The minimum atomic E-state index is 0.970. The number of fused-ring (bicyclic) bond motifs is 6. The quantitative estimate of drug-likeness (QED) is 0.306. The summed E-state index contributed by atoms with van der Waals surface area (Å²) in [6, 6.07) is 0. The molecule has 0 heterocycles. The lowest BCUT2D eigenvalue weighted by molar-refractivity contribution is -0.162. The summed E-state index contributed by atoms with van der Waals surface area (Å²) in [6.45, 7) is 19.1. The van der Waals surface area contributed by atoms with Crippen LogP contribution in [0.25, 0.3) is 0 Å². The number of hydrogen-bond acceptors (Lipinski definition) is 0. The van der Waals surface area contributed by atoms with E-state index in [1.807, 2.05) is 0 Å². The smallest absolute Gasteiger partial charge is 0.0328 e. The summed E-state index contributed by atoms with van der Waals surface area (Å²) in [7, 11) is 0. The van der Waals surface area contributed by atoms with E-state index in [0.717, 1.165) is 112 Å². The van der Waals surface area contributed by atoms with Crippen LogP contribution >= 0.6 is 0 Å². The molecule has 0 saturated heterocycles. The van der Waals surface area contributed by atoms with Crippen LogP contribution in [-0.4, -0.2) is 0 Å². The maximum Gasteiger partial charge on any atom is -0.0328 e. The molecular formula is C37H62. The molecule has 18 atom stereocenters. The lowest BCUT2D eigenvalue weighted by Crippen LogP contribution is -2.58. The molecule has 0 amide bonds. The Morgan fingerprint density at radius 2 is 0.568 bits per heavy atom. The van der Waals surface area contributed by atoms with E-state index in [-0.39, 0.29) is 0 Å². The van der Waals surface area contributed by atoms with Gasteiger partial charge in [0.05, 0.1) is 0 Å². The van der Waals surface area contributed by atoms with Crippen molar-refractivity contribution in [3.63, 3.8) is 0 Å². The van der Waals surface area contributed by atoms with Gasteiger partial charge in [-0.1, -0.05) is 87.0 Å². The van der Waals surface area contributed by atoms with Crippen LogP contribution < -0.4 is 0 Å². The molecule has 0 spiro atoms. The van der Waals surface area contributed by atoms with Crippen molar-refractivity contribution in [3.8, 4) is 0 Å². The Balaban J connectivity index is 1.15. The van der Waals surface area contributed by atoms with E-state index in [4.69, 9.17) is 0 Å². The average molecular weight is 507 g/mol. The summed E-state index contributed by atoms with van der Waals surface area (Å²) in [4.78, 5) is 0. The lowest BCUT2D eigenvalue weighted by Gasteiger charge is -2.65. The summed E-state index contributed by atoms with van der Waals surface area (Å²) >= 11 is 0. The lowest BCUT2D eigenvalue weighted by atomic mass is 9.40. The van der Waals surface area contributed by atoms with Gasteiger partial charge in [-0.15, -0.1) is 0 Å². The second-order valence-electron chi connectivity index (χ2n) is 17.3. The van der Waals surface area contributed by atoms with Gasteiger partial charge in [0.2, 0.25) is 0 Å². The molecule has 0 radical (unpaired) electrons. The highest BCUT2D eigenvalue weighted by Gasteiger charge is 2.60. The van der Waals surface area contributed by atoms with Gasteiger partial charge in [-0.3, -0.25) is 0 Å². The normalized spacial score (nSPS) is 63.2. The van der Waals surface area contributed by atoms with Crippen molar-refractivity contribution in [2.45, 2.75) is 119 Å². The molecule has 7 aliphatic carbocycles. The van der Waals surface area contributed by atoms with E-state index in [1.54, 1.807) is 44.9 Å². The van der Waals surface area contributed by atoms with E-state index in [1.165, 1.54) is 25.7 Å². The first-order valence-corrected chi connectivity index (χ1v) is 17.8. The fourth-order valence-electron chi connectivity index (χ4n) is 15.8. The molecular weight excluding hydrogens is 444 g/mol. The van der Waals surface area contributed by atoms with Crippen molar-refractivity contribution in [2.75, 3.05) is 0 Å². The zero-order valence-electron chi connectivity index (χ0n) is 25.7. The first kappa shape index (κ1) is 25.9. The van der Waals surface area contributed by atoms with Gasteiger partial charge in [0.15, 0.2) is 0 Å². The Bertz CT molecular complexity index is 762. The van der Waals surface area contributed by atoms with Gasteiger partial charge >= 0.3 is 0 Å². The SMILES string of the molecule is CC1CCCC2CC3CC4CC5CC6CC7CCCC(C)C7C(C)C6C(C)C5C(C)C4C(C)C3C(C)C12. The number of rotatable bonds is 0. The standard InChI is InChI=1S/C37H62/c1-19-10-8-12-26-14-28-16-30-18-31-17-29-15-27-13-9-11-20(2)33(27)22(4)35(29)24(6)37(31)25(7)36(30)23(5)34(28)21(3)32(19)26/h19-37H,8-18H2,1-7H3. The Morgan fingerprint density at radius 3 is 0.892 bits per heavy atom. The van der Waals surface area contributed by atoms with Crippen LogP contribution in [0.5, 0.6) is 0 Å². The van der Waals surface area contributed by atoms with Gasteiger partial charge in [-0.05, 0) is 145 Å². The first-order valence-electron chi connectivity index (χ1n) is 17.8. The molecule has 7 fully saturated rings. The van der Waals surface area contributed by atoms with E-state index in [0.29, 0.717) is 0 Å². The molecule has 7 rings (SSSR count). The fraction of sp³-hybridized carbons (Fsp3) is 1.00. The molecule has 7 saturated carbocycles. The van der Waals surface area contributed by atoms with Gasteiger partial charge in [0.25, 0.3) is 0 Å². The van der Waals surface area contributed by atoms with E-state index >= 15 is 0 Å². The van der Waals surface area contributed by atoms with E-state index in [2.05, 4.69) is 48.5 Å². The molecule has 7 aliphatic rings. The molecule has 0 aromatic rings. The Kier molecular flexibility index (Phi) is 6.68. The summed E-state index contributed by atoms with van der Waals surface area (Å²) in [5, 5.41) is 0. The van der Waals surface area contributed by atoms with Crippen LogP contribution in [-0.2, 0) is 0 Å². The summed E-state index contributed by atoms with van der Waals surface area (Å²) in [6.07, 6.45) is 17.3. The van der Waals surface area contributed by atoms with Gasteiger partial charge in [0, 0.05) is 0 Å². The third-order valence-corrected chi connectivity index (χ3v) is 16.1. The second-order valence-corrected chi connectivity index (χ2v) is 17.3. The molecule has 0 nitrogen and oxygen atoms in total. The van der Waals surface area contributed by atoms with E-state index < -0.39 is 0 Å². The third kappa shape index (κ3) is 3.85. The first-order chi connectivity index (χ1) is 17.8. The molecule has 18 unspecified atom stereocenters. The van der Waals surface area contributed by atoms with Crippen LogP contribution in [0.4, 0.5) is 0 Å². The highest BCUT2D eigenvalue weighted by Crippen LogP contribution is 2.67. The second kappa shape index (κ2) is 9.54. The Labute approximate surface area is 231 Å². The maximum absolute atomic E-state index is 2.79. The van der Waals surface area contributed by atoms with Crippen molar-refractivity contribution < 1.29 is 0 Å². The molecule has 0 aromatic carbocycles.